The van der Waals surface area contributed by atoms with Gasteiger partial charge in [0.1, 0.15) is 6.04 Å². The number of ether oxygens (including phenoxy) is 1. The first-order chi connectivity index (χ1) is 9.86. The van der Waals surface area contributed by atoms with Crippen LogP contribution in [-0.4, -0.2) is 36.1 Å². The van der Waals surface area contributed by atoms with Crippen molar-refractivity contribution in [3.05, 3.63) is 34.9 Å². The topological polar surface area (TPSA) is 92.7 Å². The van der Waals surface area contributed by atoms with E-state index in [4.69, 9.17) is 5.11 Å². The van der Waals surface area contributed by atoms with Crippen LogP contribution in [0.5, 0.6) is 0 Å². The predicted octanol–water partition coefficient (Wildman–Crippen LogP) is 1.44. The molecule has 0 saturated heterocycles. The SMILES string of the molecule is COC(=O)CC[C@@H](NC(=O)c1c(C)cccc1C)C(=O)O. The Morgan fingerprint density at radius 1 is 1.24 bits per heavy atom. The molecular weight excluding hydrogens is 274 g/mol. The number of rotatable bonds is 6. The number of carboxylic acids is 1. The number of aryl methyl sites for hydroxylation is 2. The summed E-state index contributed by atoms with van der Waals surface area (Å²) in [6.45, 7) is 3.57. The molecule has 0 radical (unpaired) electrons. The fourth-order valence-electron chi connectivity index (χ4n) is 2.02. The molecule has 0 aromatic heterocycles. The number of benzene rings is 1. The van der Waals surface area contributed by atoms with Crippen molar-refractivity contribution in [2.45, 2.75) is 32.7 Å². The number of hydrogen-bond acceptors (Lipinski definition) is 4. The van der Waals surface area contributed by atoms with Crippen molar-refractivity contribution in [1.82, 2.24) is 5.32 Å². The van der Waals surface area contributed by atoms with E-state index in [0.29, 0.717) is 5.56 Å². The van der Waals surface area contributed by atoms with Crippen LogP contribution in [0.2, 0.25) is 0 Å². The molecule has 0 aliphatic heterocycles. The third kappa shape index (κ3) is 4.59. The fraction of sp³-hybridized carbons (Fsp3) is 0.400. The van der Waals surface area contributed by atoms with E-state index in [0.717, 1.165) is 11.1 Å². The molecule has 0 aliphatic rings. The highest BCUT2D eigenvalue weighted by Crippen LogP contribution is 2.13. The summed E-state index contributed by atoms with van der Waals surface area (Å²) in [6.07, 6.45) is -0.0842. The molecule has 1 rings (SSSR count). The molecule has 0 unspecified atom stereocenters. The smallest absolute Gasteiger partial charge is 0.326 e. The highest BCUT2D eigenvalue weighted by molar-refractivity contribution is 5.99. The highest BCUT2D eigenvalue weighted by atomic mass is 16.5. The van der Waals surface area contributed by atoms with Crippen molar-refractivity contribution in [3.8, 4) is 0 Å². The van der Waals surface area contributed by atoms with Gasteiger partial charge in [-0.1, -0.05) is 18.2 Å². The molecule has 0 bridgehead atoms. The van der Waals surface area contributed by atoms with Gasteiger partial charge in [0.2, 0.25) is 0 Å². The maximum atomic E-state index is 12.2. The Hall–Kier alpha value is -2.37. The standard InChI is InChI=1S/C15H19NO5/c1-9-5-4-6-10(2)13(9)14(18)16-11(15(19)20)7-8-12(17)21-3/h4-6,11H,7-8H2,1-3H3,(H,16,18)(H,19,20)/t11-/m1/s1. The van der Waals surface area contributed by atoms with Gasteiger partial charge in [-0.15, -0.1) is 0 Å². The number of carboxylic acid groups (broad SMARTS) is 1. The maximum Gasteiger partial charge on any atom is 0.326 e. The highest BCUT2D eigenvalue weighted by Gasteiger charge is 2.23. The summed E-state index contributed by atoms with van der Waals surface area (Å²) in [4.78, 5) is 34.5. The van der Waals surface area contributed by atoms with Gasteiger partial charge >= 0.3 is 11.9 Å². The van der Waals surface area contributed by atoms with Gasteiger partial charge in [0.05, 0.1) is 7.11 Å². The minimum atomic E-state index is -1.18. The number of esters is 1. The number of methoxy groups -OCH3 is 1. The average Bonchev–Trinajstić information content (AvgIpc) is 2.42. The van der Waals surface area contributed by atoms with Crippen LogP contribution >= 0.6 is 0 Å². The fourth-order valence-corrected chi connectivity index (χ4v) is 2.02. The van der Waals surface area contributed by atoms with Gasteiger partial charge in [0.15, 0.2) is 0 Å². The van der Waals surface area contributed by atoms with Crippen LogP contribution in [-0.2, 0) is 14.3 Å². The summed E-state index contributed by atoms with van der Waals surface area (Å²) < 4.78 is 4.46. The Balaban J connectivity index is 2.82. The van der Waals surface area contributed by atoms with Gasteiger partial charge in [-0.2, -0.15) is 0 Å². The summed E-state index contributed by atoms with van der Waals surface area (Å²) in [6, 6.07) is 4.27. The van der Waals surface area contributed by atoms with Crippen LogP contribution in [0.25, 0.3) is 0 Å². The Bertz CT molecular complexity index is 533. The average molecular weight is 293 g/mol. The van der Waals surface area contributed by atoms with Crippen LogP contribution in [0, 0.1) is 13.8 Å². The maximum absolute atomic E-state index is 12.2. The molecule has 1 aromatic rings. The Labute approximate surface area is 123 Å². The molecule has 1 amide bonds. The monoisotopic (exact) mass is 293 g/mol. The van der Waals surface area contributed by atoms with Gasteiger partial charge in [-0.25, -0.2) is 4.79 Å². The minimum Gasteiger partial charge on any atom is -0.480 e. The van der Waals surface area contributed by atoms with E-state index in [1.54, 1.807) is 26.0 Å². The van der Waals surface area contributed by atoms with Gasteiger partial charge in [0.25, 0.3) is 5.91 Å². The lowest BCUT2D eigenvalue weighted by atomic mass is 10.0. The number of amides is 1. The van der Waals surface area contributed by atoms with E-state index in [9.17, 15) is 14.4 Å². The van der Waals surface area contributed by atoms with Crippen LogP contribution in [0.4, 0.5) is 0 Å². The Morgan fingerprint density at radius 3 is 2.29 bits per heavy atom. The number of carbonyl (C=O) groups excluding carboxylic acids is 2. The van der Waals surface area contributed by atoms with E-state index >= 15 is 0 Å². The van der Waals surface area contributed by atoms with Crippen molar-refractivity contribution in [1.29, 1.82) is 0 Å². The van der Waals surface area contributed by atoms with Gasteiger partial charge < -0.3 is 15.2 Å². The van der Waals surface area contributed by atoms with E-state index < -0.39 is 23.9 Å². The lowest BCUT2D eigenvalue weighted by Crippen LogP contribution is -2.41. The molecule has 2 N–H and O–H groups in total. The van der Waals surface area contributed by atoms with Crippen LogP contribution in [0.15, 0.2) is 18.2 Å². The molecule has 21 heavy (non-hydrogen) atoms. The zero-order valence-electron chi connectivity index (χ0n) is 12.3. The molecule has 0 saturated carbocycles. The van der Waals surface area contributed by atoms with Crippen molar-refractivity contribution in [3.63, 3.8) is 0 Å². The summed E-state index contributed by atoms with van der Waals surface area (Å²) >= 11 is 0. The largest absolute Gasteiger partial charge is 0.480 e. The first kappa shape index (κ1) is 16.7. The zero-order chi connectivity index (χ0) is 16.0. The lowest BCUT2D eigenvalue weighted by Gasteiger charge is -2.16. The Kier molecular flexibility index (Phi) is 5.90. The first-order valence-electron chi connectivity index (χ1n) is 6.53. The third-order valence-corrected chi connectivity index (χ3v) is 3.18. The molecule has 0 heterocycles. The predicted molar refractivity (Wildman–Crippen MR) is 76.1 cm³/mol. The van der Waals surface area contributed by atoms with Gasteiger partial charge in [0, 0.05) is 12.0 Å². The molecule has 6 nitrogen and oxygen atoms in total. The second-order valence-corrected chi connectivity index (χ2v) is 4.75. The molecule has 0 spiro atoms. The van der Waals surface area contributed by atoms with Crippen LogP contribution in [0.1, 0.15) is 34.3 Å². The number of aliphatic carboxylic acids is 1. The van der Waals surface area contributed by atoms with Crippen LogP contribution in [0.3, 0.4) is 0 Å². The van der Waals surface area contributed by atoms with Gasteiger partial charge in [-0.3, -0.25) is 9.59 Å². The van der Waals surface area contributed by atoms with Crippen molar-refractivity contribution >= 4 is 17.8 Å². The minimum absolute atomic E-state index is 0.0152. The second kappa shape index (κ2) is 7.42. The van der Waals surface area contributed by atoms with E-state index in [1.165, 1.54) is 7.11 Å². The molecule has 1 atom stereocenters. The molecule has 0 fully saturated rings. The van der Waals surface area contributed by atoms with E-state index in [2.05, 4.69) is 10.1 Å². The van der Waals surface area contributed by atoms with Crippen molar-refractivity contribution < 1.29 is 24.2 Å². The lowest BCUT2D eigenvalue weighted by molar-refractivity contribution is -0.142. The summed E-state index contributed by atoms with van der Waals surface area (Å²) in [5, 5.41) is 11.6. The van der Waals surface area contributed by atoms with Crippen molar-refractivity contribution in [2.75, 3.05) is 7.11 Å². The quantitative estimate of drug-likeness (QED) is 0.774. The first-order valence-corrected chi connectivity index (χ1v) is 6.53. The summed E-state index contributed by atoms with van der Waals surface area (Å²) in [5.41, 5.74) is 2.00. The van der Waals surface area contributed by atoms with Crippen molar-refractivity contribution in [2.24, 2.45) is 0 Å². The number of hydrogen-bond donors (Lipinski definition) is 2. The second-order valence-electron chi connectivity index (χ2n) is 4.75. The van der Waals surface area contributed by atoms with E-state index in [-0.39, 0.29) is 12.8 Å². The normalized spacial score (nSPS) is 11.6. The molecule has 1 aromatic carbocycles. The zero-order valence-corrected chi connectivity index (χ0v) is 12.3. The van der Waals surface area contributed by atoms with Gasteiger partial charge in [-0.05, 0) is 31.4 Å². The molecule has 114 valence electrons. The van der Waals surface area contributed by atoms with E-state index in [1.807, 2.05) is 6.07 Å². The van der Waals surface area contributed by atoms with Crippen LogP contribution < -0.4 is 5.32 Å². The molecule has 0 aliphatic carbocycles. The Morgan fingerprint density at radius 2 is 1.81 bits per heavy atom. The summed E-state index contributed by atoms with van der Waals surface area (Å²) in [7, 11) is 1.23. The molecular formula is C15H19NO5. The number of carbonyl (C=O) groups is 3. The molecule has 6 heteroatoms. The number of nitrogens with one attached hydrogen (secondary N) is 1. The third-order valence-electron chi connectivity index (χ3n) is 3.18. The summed E-state index contributed by atoms with van der Waals surface area (Å²) in [5.74, 6) is -2.15.